The maximum Gasteiger partial charge on any atom is 0.237 e. The highest BCUT2D eigenvalue weighted by Crippen LogP contribution is 2.34. The lowest BCUT2D eigenvalue weighted by atomic mass is 10.1. The Labute approximate surface area is 203 Å². The van der Waals surface area contributed by atoms with Gasteiger partial charge in [0.2, 0.25) is 12.7 Å². The first-order chi connectivity index (χ1) is 16.7. The highest BCUT2D eigenvalue weighted by molar-refractivity contribution is 8.00. The first-order valence-corrected chi connectivity index (χ1v) is 12.6. The Bertz CT molecular complexity index is 1130. The van der Waals surface area contributed by atoms with Gasteiger partial charge in [0.15, 0.2) is 16.7 Å². The lowest BCUT2D eigenvalue weighted by Crippen LogP contribution is -2.30. The molecule has 1 N–H and O–H groups in total. The van der Waals surface area contributed by atoms with Crippen LogP contribution in [-0.4, -0.2) is 50.7 Å². The van der Waals surface area contributed by atoms with Gasteiger partial charge in [-0.25, -0.2) is 0 Å². The molecule has 34 heavy (non-hydrogen) atoms. The number of piperidine rings is 1. The number of rotatable bonds is 8. The first kappa shape index (κ1) is 22.7. The molecule has 1 fully saturated rings. The van der Waals surface area contributed by atoms with E-state index in [4.69, 9.17) is 9.47 Å². The van der Waals surface area contributed by atoms with Crippen LogP contribution in [0.3, 0.4) is 0 Å². The number of thioether (sulfide) groups is 1. The number of ether oxygens (including phenoxy) is 2. The highest BCUT2D eigenvalue weighted by atomic mass is 32.2. The van der Waals surface area contributed by atoms with E-state index in [2.05, 4.69) is 37.1 Å². The number of likely N-dealkylation sites (tertiary alicyclic amines) is 1. The number of carbonyl (C=O) groups excluding carboxylic acids is 1. The Morgan fingerprint density at radius 1 is 1.03 bits per heavy atom. The Balaban J connectivity index is 1.30. The summed E-state index contributed by atoms with van der Waals surface area (Å²) in [4.78, 5) is 15.4. The smallest absolute Gasteiger partial charge is 0.237 e. The number of hydrogen-bond acceptors (Lipinski definition) is 7. The van der Waals surface area contributed by atoms with Gasteiger partial charge in [-0.1, -0.05) is 48.5 Å². The quantitative estimate of drug-likeness (QED) is 0.486. The molecule has 0 bridgehead atoms. The van der Waals surface area contributed by atoms with Crippen molar-refractivity contribution in [1.29, 1.82) is 0 Å². The highest BCUT2D eigenvalue weighted by Gasteiger charge is 2.23. The predicted molar refractivity (Wildman–Crippen MR) is 131 cm³/mol. The third-order valence-electron chi connectivity index (χ3n) is 6.08. The summed E-state index contributed by atoms with van der Waals surface area (Å²) in [5.41, 5.74) is 1.86. The molecule has 0 saturated carbocycles. The Kier molecular flexibility index (Phi) is 7.01. The summed E-state index contributed by atoms with van der Waals surface area (Å²) in [6.45, 7) is 5.73. The molecular formula is C25H29N5O3S. The van der Waals surface area contributed by atoms with Crippen LogP contribution in [0.4, 0.5) is 5.69 Å². The molecule has 3 aromatic rings. The fourth-order valence-corrected chi connectivity index (χ4v) is 5.06. The second kappa shape index (κ2) is 10.5. The fraction of sp³-hybridized carbons (Fsp3) is 0.400. The second-order valence-corrected chi connectivity index (χ2v) is 9.93. The number of nitrogens with zero attached hydrogens (tertiary/aromatic N) is 4. The molecule has 1 saturated heterocycles. The minimum absolute atomic E-state index is 0.101. The van der Waals surface area contributed by atoms with Gasteiger partial charge in [0, 0.05) is 11.8 Å². The van der Waals surface area contributed by atoms with Crippen molar-refractivity contribution in [3.63, 3.8) is 0 Å². The number of anilines is 1. The normalized spacial score (nSPS) is 16.4. The van der Waals surface area contributed by atoms with E-state index in [-0.39, 0.29) is 18.0 Å². The molecule has 1 aromatic heterocycles. The van der Waals surface area contributed by atoms with E-state index < -0.39 is 0 Å². The van der Waals surface area contributed by atoms with Crippen molar-refractivity contribution in [2.75, 3.05) is 25.2 Å². The summed E-state index contributed by atoms with van der Waals surface area (Å²) in [5.74, 6) is 2.17. The summed E-state index contributed by atoms with van der Waals surface area (Å²) >= 11 is 1.43. The number of amides is 1. The van der Waals surface area contributed by atoms with Crippen LogP contribution in [0.2, 0.25) is 0 Å². The Hall–Kier alpha value is -3.04. The number of hydrogen-bond donors (Lipinski definition) is 1. The van der Waals surface area contributed by atoms with Crippen molar-refractivity contribution in [1.82, 2.24) is 19.7 Å². The third-order valence-corrected chi connectivity index (χ3v) is 7.16. The van der Waals surface area contributed by atoms with Crippen LogP contribution < -0.4 is 14.8 Å². The molecule has 5 rings (SSSR count). The molecule has 1 amide bonds. The zero-order chi connectivity index (χ0) is 23.3. The third kappa shape index (κ3) is 5.37. The molecule has 8 nitrogen and oxygen atoms in total. The molecule has 2 aliphatic rings. The molecule has 1 atom stereocenters. The fourth-order valence-electron chi connectivity index (χ4n) is 4.20. The van der Waals surface area contributed by atoms with Crippen LogP contribution in [0, 0.1) is 0 Å². The van der Waals surface area contributed by atoms with Gasteiger partial charge >= 0.3 is 0 Å². The van der Waals surface area contributed by atoms with Crippen molar-refractivity contribution < 1.29 is 14.3 Å². The molecule has 0 unspecified atom stereocenters. The maximum atomic E-state index is 12.9. The van der Waals surface area contributed by atoms with Gasteiger partial charge in [0.25, 0.3) is 0 Å². The van der Waals surface area contributed by atoms with E-state index in [0.717, 1.165) is 30.6 Å². The summed E-state index contributed by atoms with van der Waals surface area (Å²) in [5, 5.41) is 12.4. The van der Waals surface area contributed by atoms with E-state index in [0.29, 0.717) is 23.7 Å². The monoisotopic (exact) mass is 479 g/mol. The van der Waals surface area contributed by atoms with Crippen LogP contribution in [0.5, 0.6) is 11.5 Å². The average Bonchev–Trinajstić information content (AvgIpc) is 3.47. The number of fused-ring (bicyclic) bond motifs is 1. The average molecular weight is 480 g/mol. The van der Waals surface area contributed by atoms with Gasteiger partial charge in [-0.15, -0.1) is 10.2 Å². The zero-order valence-corrected chi connectivity index (χ0v) is 20.1. The first-order valence-electron chi connectivity index (χ1n) is 11.7. The van der Waals surface area contributed by atoms with Gasteiger partial charge in [-0.05, 0) is 50.6 Å². The van der Waals surface area contributed by atoms with Gasteiger partial charge in [0.05, 0.1) is 18.3 Å². The lowest BCUT2D eigenvalue weighted by molar-refractivity contribution is -0.115. The van der Waals surface area contributed by atoms with Crippen molar-refractivity contribution in [2.24, 2.45) is 0 Å². The standard InChI is InChI=1S/C25H29N5O3S/c1-18(24(31)26-20-10-11-21-22(14-20)33-17-32-21)34-25-28-27-23(16-29-12-6-3-7-13-29)30(25)15-19-8-4-2-5-9-19/h2,4-5,8-11,14,18H,3,6-7,12-13,15-17H2,1H3,(H,26,31)/t18-/m0/s1. The van der Waals surface area contributed by atoms with E-state index in [1.807, 2.05) is 31.2 Å². The number of aromatic nitrogens is 3. The summed E-state index contributed by atoms with van der Waals surface area (Å²) in [6, 6.07) is 15.7. The molecule has 0 aliphatic carbocycles. The van der Waals surface area contributed by atoms with E-state index in [1.165, 1.54) is 36.6 Å². The molecule has 0 spiro atoms. The SMILES string of the molecule is C[C@H](Sc1nnc(CN2CCCCC2)n1Cc1ccccc1)C(=O)Nc1ccc2c(c1)OCO2. The lowest BCUT2D eigenvalue weighted by Gasteiger charge is -2.26. The van der Waals surface area contributed by atoms with Crippen LogP contribution in [0.1, 0.15) is 37.6 Å². The molecule has 9 heteroatoms. The van der Waals surface area contributed by atoms with Crippen LogP contribution in [0.25, 0.3) is 0 Å². The van der Waals surface area contributed by atoms with Gasteiger partial charge in [0.1, 0.15) is 5.82 Å². The van der Waals surface area contributed by atoms with Crippen molar-refractivity contribution in [3.05, 3.63) is 59.9 Å². The van der Waals surface area contributed by atoms with Crippen LogP contribution >= 0.6 is 11.8 Å². The summed E-state index contributed by atoms with van der Waals surface area (Å²) < 4.78 is 12.9. The molecule has 2 aliphatic heterocycles. The number of nitrogens with one attached hydrogen (secondary N) is 1. The van der Waals surface area contributed by atoms with Gasteiger partial charge < -0.3 is 19.4 Å². The Morgan fingerprint density at radius 3 is 2.65 bits per heavy atom. The van der Waals surface area contributed by atoms with Crippen molar-refractivity contribution in [2.45, 2.75) is 49.7 Å². The van der Waals surface area contributed by atoms with Gasteiger partial charge in [-0.3, -0.25) is 9.69 Å². The van der Waals surface area contributed by atoms with Crippen molar-refractivity contribution >= 4 is 23.4 Å². The Morgan fingerprint density at radius 2 is 1.82 bits per heavy atom. The molecule has 178 valence electrons. The van der Waals surface area contributed by atoms with Crippen LogP contribution in [-0.2, 0) is 17.9 Å². The molecule has 2 aromatic carbocycles. The number of benzene rings is 2. The zero-order valence-electron chi connectivity index (χ0n) is 19.3. The van der Waals surface area contributed by atoms with E-state index >= 15 is 0 Å². The van der Waals surface area contributed by atoms with Gasteiger partial charge in [-0.2, -0.15) is 0 Å². The topological polar surface area (TPSA) is 81.5 Å². The predicted octanol–water partition coefficient (Wildman–Crippen LogP) is 4.16. The molecular weight excluding hydrogens is 450 g/mol. The number of carbonyl (C=O) groups is 1. The van der Waals surface area contributed by atoms with Crippen molar-refractivity contribution in [3.8, 4) is 11.5 Å². The second-order valence-electron chi connectivity index (χ2n) is 8.62. The minimum atomic E-state index is -0.355. The summed E-state index contributed by atoms with van der Waals surface area (Å²) in [6.07, 6.45) is 3.75. The molecule has 3 heterocycles. The van der Waals surface area contributed by atoms with E-state index in [9.17, 15) is 4.79 Å². The van der Waals surface area contributed by atoms with E-state index in [1.54, 1.807) is 12.1 Å². The largest absolute Gasteiger partial charge is 0.454 e. The minimum Gasteiger partial charge on any atom is -0.454 e. The molecule has 0 radical (unpaired) electrons. The summed E-state index contributed by atoms with van der Waals surface area (Å²) in [7, 11) is 0. The van der Waals surface area contributed by atoms with Crippen LogP contribution in [0.15, 0.2) is 53.7 Å². The maximum absolute atomic E-state index is 12.9.